The van der Waals surface area contributed by atoms with Gasteiger partial charge in [-0.1, -0.05) is 48.9 Å². The van der Waals surface area contributed by atoms with Crippen molar-refractivity contribution in [2.45, 2.75) is 51.4 Å². The fraction of sp³-hybridized carbons (Fsp3) is 0.400. The van der Waals surface area contributed by atoms with E-state index < -0.39 is 0 Å². The Morgan fingerprint density at radius 1 is 1.16 bits per heavy atom. The predicted molar refractivity (Wildman–Crippen MR) is 124 cm³/mol. The maximum Gasteiger partial charge on any atom is 0.268 e. The molecule has 0 aliphatic carbocycles. The summed E-state index contributed by atoms with van der Waals surface area (Å²) in [5.74, 6) is 0.794. The van der Waals surface area contributed by atoms with Crippen molar-refractivity contribution < 1.29 is 9.53 Å². The molecule has 1 unspecified atom stereocenters. The topological polar surface area (TPSA) is 46.5 Å². The van der Waals surface area contributed by atoms with Gasteiger partial charge in [-0.15, -0.1) is 0 Å². The van der Waals surface area contributed by atoms with Gasteiger partial charge in [0.25, 0.3) is 5.91 Å². The van der Waals surface area contributed by atoms with Crippen molar-refractivity contribution >= 4 is 28.4 Å². The zero-order valence-electron chi connectivity index (χ0n) is 17.8. The van der Waals surface area contributed by atoms with Gasteiger partial charge in [-0.2, -0.15) is 0 Å². The molecule has 1 atom stereocenters. The van der Waals surface area contributed by atoms with Crippen LogP contribution in [0.3, 0.4) is 0 Å². The summed E-state index contributed by atoms with van der Waals surface area (Å²) in [6.07, 6.45) is 2.89. The van der Waals surface area contributed by atoms with Gasteiger partial charge >= 0.3 is 0 Å². The smallest absolute Gasteiger partial charge is 0.268 e. The van der Waals surface area contributed by atoms with Gasteiger partial charge in [0.05, 0.1) is 17.1 Å². The Bertz CT molecular complexity index is 1090. The van der Waals surface area contributed by atoms with Crippen LogP contribution in [0.15, 0.2) is 48.5 Å². The third-order valence-electron chi connectivity index (χ3n) is 6.51. The second-order valence-corrected chi connectivity index (χ2v) is 9.01. The van der Waals surface area contributed by atoms with E-state index in [4.69, 9.17) is 16.3 Å². The van der Waals surface area contributed by atoms with Crippen LogP contribution in [-0.2, 0) is 13.1 Å². The minimum absolute atomic E-state index is 0.0171. The van der Waals surface area contributed by atoms with Crippen molar-refractivity contribution in [1.29, 1.82) is 0 Å². The molecular formula is C25H28ClN3O2. The van der Waals surface area contributed by atoms with E-state index in [1.54, 1.807) is 0 Å². The number of aromatic nitrogens is 1. The van der Waals surface area contributed by atoms with Crippen LogP contribution in [0.5, 0.6) is 5.75 Å². The Morgan fingerprint density at radius 2 is 1.94 bits per heavy atom. The van der Waals surface area contributed by atoms with Gasteiger partial charge in [0.1, 0.15) is 17.5 Å². The molecule has 3 heterocycles. The van der Waals surface area contributed by atoms with Crippen molar-refractivity contribution in [2.75, 3.05) is 13.1 Å². The van der Waals surface area contributed by atoms with E-state index in [0.717, 1.165) is 55.5 Å². The molecule has 2 aliphatic rings. The molecule has 0 spiro atoms. The van der Waals surface area contributed by atoms with Crippen molar-refractivity contribution in [2.24, 2.45) is 0 Å². The average Bonchev–Trinajstić information content (AvgIpc) is 3.19. The standard InChI is InChI=1S/C25H28ClN3O2/c1-2-19-16-29-22(14-20-21(26)8-9-23(31-19)24(20)29)25(30)27-18-10-12-28(13-11-18)15-17-6-4-3-5-7-17/h3-9,14,18-19H,2,10-13,15-16H2,1H3,(H,27,30). The highest BCUT2D eigenvalue weighted by Gasteiger charge is 2.28. The zero-order chi connectivity index (χ0) is 21.4. The lowest BCUT2D eigenvalue weighted by molar-refractivity contribution is 0.0893. The quantitative estimate of drug-likeness (QED) is 0.620. The summed E-state index contributed by atoms with van der Waals surface area (Å²) in [4.78, 5) is 15.7. The normalized spacial score (nSPS) is 19.4. The highest BCUT2D eigenvalue weighted by molar-refractivity contribution is 6.36. The van der Waals surface area contributed by atoms with E-state index >= 15 is 0 Å². The number of amides is 1. The number of carbonyl (C=O) groups excluding carboxylic acids is 1. The van der Waals surface area contributed by atoms with Crippen LogP contribution >= 0.6 is 11.6 Å². The summed E-state index contributed by atoms with van der Waals surface area (Å²) in [6.45, 7) is 5.73. The van der Waals surface area contributed by atoms with Crippen molar-refractivity contribution in [3.05, 3.63) is 64.8 Å². The number of rotatable bonds is 5. The number of nitrogens with one attached hydrogen (secondary N) is 1. The number of benzene rings is 2. The molecule has 0 radical (unpaired) electrons. The summed E-state index contributed by atoms with van der Waals surface area (Å²) in [7, 11) is 0. The van der Waals surface area contributed by atoms with E-state index in [1.165, 1.54) is 5.56 Å². The van der Waals surface area contributed by atoms with Gasteiger partial charge in [0, 0.05) is 31.1 Å². The predicted octanol–water partition coefficient (Wildman–Crippen LogP) is 4.86. The molecule has 3 aromatic rings. The maximum atomic E-state index is 13.2. The van der Waals surface area contributed by atoms with Crippen LogP contribution in [0, 0.1) is 0 Å². The minimum atomic E-state index is -0.0171. The van der Waals surface area contributed by atoms with E-state index in [2.05, 4.69) is 52.0 Å². The summed E-state index contributed by atoms with van der Waals surface area (Å²) in [5, 5.41) is 4.82. The fourth-order valence-corrected chi connectivity index (χ4v) is 4.96. The molecule has 1 aromatic heterocycles. The number of halogens is 1. The number of carbonyl (C=O) groups is 1. The number of piperidine rings is 1. The van der Waals surface area contributed by atoms with E-state index in [0.29, 0.717) is 17.3 Å². The zero-order valence-corrected chi connectivity index (χ0v) is 18.6. The minimum Gasteiger partial charge on any atom is -0.486 e. The molecule has 0 saturated carbocycles. The van der Waals surface area contributed by atoms with Crippen LogP contribution in [0.25, 0.3) is 10.9 Å². The van der Waals surface area contributed by atoms with Crippen LogP contribution in [0.2, 0.25) is 5.02 Å². The van der Waals surface area contributed by atoms with Crippen molar-refractivity contribution in [3.63, 3.8) is 0 Å². The Balaban J connectivity index is 1.29. The molecule has 1 N–H and O–H groups in total. The molecule has 31 heavy (non-hydrogen) atoms. The SMILES string of the molecule is CCC1Cn2c(C(=O)NC3CCN(Cc4ccccc4)CC3)cc3c(Cl)ccc(c32)O1. The molecule has 1 fully saturated rings. The first-order valence-corrected chi connectivity index (χ1v) is 11.6. The Labute approximate surface area is 187 Å². The van der Waals surface area contributed by atoms with Crippen LogP contribution < -0.4 is 10.1 Å². The van der Waals surface area contributed by atoms with Crippen LogP contribution in [0.1, 0.15) is 42.2 Å². The lowest BCUT2D eigenvalue weighted by Gasteiger charge is -2.32. The molecular weight excluding hydrogens is 410 g/mol. The average molecular weight is 438 g/mol. The van der Waals surface area contributed by atoms with Gasteiger partial charge in [0.2, 0.25) is 0 Å². The van der Waals surface area contributed by atoms with Crippen molar-refractivity contribution in [1.82, 2.24) is 14.8 Å². The molecule has 162 valence electrons. The summed E-state index contributed by atoms with van der Waals surface area (Å²) in [6, 6.07) is 16.4. The van der Waals surface area contributed by atoms with Crippen LogP contribution in [0.4, 0.5) is 0 Å². The number of hydrogen-bond donors (Lipinski definition) is 1. The molecule has 5 rings (SSSR count). The van der Waals surface area contributed by atoms with Crippen molar-refractivity contribution in [3.8, 4) is 5.75 Å². The third kappa shape index (κ3) is 4.04. The molecule has 2 aliphatic heterocycles. The monoisotopic (exact) mass is 437 g/mol. The lowest BCUT2D eigenvalue weighted by atomic mass is 10.0. The molecule has 2 aromatic carbocycles. The molecule has 1 amide bonds. The highest BCUT2D eigenvalue weighted by Crippen LogP contribution is 2.38. The van der Waals surface area contributed by atoms with Gasteiger partial charge in [-0.25, -0.2) is 0 Å². The second-order valence-electron chi connectivity index (χ2n) is 8.61. The first kappa shape index (κ1) is 20.4. The lowest BCUT2D eigenvalue weighted by Crippen LogP contribution is -2.45. The number of nitrogens with zero attached hydrogens (tertiary/aromatic N) is 2. The fourth-order valence-electron chi connectivity index (χ4n) is 4.76. The number of likely N-dealkylation sites (tertiary alicyclic amines) is 1. The van der Waals surface area contributed by atoms with E-state index in [1.807, 2.05) is 18.2 Å². The number of hydrogen-bond acceptors (Lipinski definition) is 3. The largest absolute Gasteiger partial charge is 0.486 e. The highest BCUT2D eigenvalue weighted by atomic mass is 35.5. The number of ether oxygens (including phenoxy) is 1. The Kier molecular flexibility index (Phi) is 5.63. The van der Waals surface area contributed by atoms with Gasteiger partial charge in [-0.3, -0.25) is 9.69 Å². The third-order valence-corrected chi connectivity index (χ3v) is 6.84. The molecule has 1 saturated heterocycles. The molecule has 6 heteroatoms. The molecule has 0 bridgehead atoms. The second kappa shape index (κ2) is 8.56. The first-order chi connectivity index (χ1) is 15.1. The van der Waals surface area contributed by atoms with Gasteiger partial charge in [-0.05, 0) is 43.0 Å². The van der Waals surface area contributed by atoms with E-state index in [9.17, 15) is 4.79 Å². The first-order valence-electron chi connectivity index (χ1n) is 11.2. The van der Waals surface area contributed by atoms with Gasteiger partial charge in [0.15, 0.2) is 0 Å². The Morgan fingerprint density at radius 3 is 2.68 bits per heavy atom. The summed E-state index contributed by atoms with van der Waals surface area (Å²) in [5.41, 5.74) is 2.95. The van der Waals surface area contributed by atoms with Crippen LogP contribution in [-0.4, -0.2) is 40.6 Å². The summed E-state index contributed by atoms with van der Waals surface area (Å²) >= 11 is 6.44. The molecule has 5 nitrogen and oxygen atoms in total. The summed E-state index contributed by atoms with van der Waals surface area (Å²) < 4.78 is 8.19. The van der Waals surface area contributed by atoms with E-state index in [-0.39, 0.29) is 18.1 Å². The Hall–Kier alpha value is -2.50. The van der Waals surface area contributed by atoms with Gasteiger partial charge < -0.3 is 14.6 Å². The maximum absolute atomic E-state index is 13.2.